The van der Waals surface area contributed by atoms with Crippen molar-refractivity contribution in [2.75, 3.05) is 16.9 Å². The van der Waals surface area contributed by atoms with Gasteiger partial charge in [-0.05, 0) is 24.3 Å². The summed E-state index contributed by atoms with van der Waals surface area (Å²) in [5.74, 6) is 5.54. The second-order valence-electron chi connectivity index (χ2n) is 5.18. The van der Waals surface area contributed by atoms with E-state index in [0.29, 0.717) is 27.8 Å². The minimum Gasteiger partial charge on any atom is -0.335 e. The number of para-hydroxylation sites is 1. The topological polar surface area (TPSA) is 110 Å². The van der Waals surface area contributed by atoms with Gasteiger partial charge in [-0.25, -0.2) is 9.07 Å². The number of carbonyl (C=O) groups is 1. The van der Waals surface area contributed by atoms with Crippen LogP contribution in [-0.2, 0) is 4.79 Å². The molecule has 0 saturated heterocycles. The standard InChI is InChI=1S/C17H13FN6OS/c18-13-6-3-5-11(8-13)16-22-23-17(24(16)20)26-10-15(25)21-14-7-2-1-4-12(14)9-19/h1-8H,10,20H2,(H,21,25). The lowest BCUT2D eigenvalue weighted by Crippen LogP contribution is -2.17. The summed E-state index contributed by atoms with van der Waals surface area (Å²) in [7, 11) is 0. The van der Waals surface area contributed by atoms with Crippen molar-refractivity contribution in [3.8, 4) is 17.5 Å². The summed E-state index contributed by atoms with van der Waals surface area (Å²) in [4.78, 5) is 12.1. The molecule has 9 heteroatoms. The van der Waals surface area contributed by atoms with Gasteiger partial charge in [0.25, 0.3) is 0 Å². The van der Waals surface area contributed by atoms with Gasteiger partial charge in [0.2, 0.25) is 11.1 Å². The zero-order valence-corrected chi connectivity index (χ0v) is 14.2. The molecular weight excluding hydrogens is 355 g/mol. The summed E-state index contributed by atoms with van der Waals surface area (Å²) in [5.41, 5.74) is 1.30. The van der Waals surface area contributed by atoms with Crippen LogP contribution in [0.25, 0.3) is 11.4 Å². The third-order valence-corrected chi connectivity index (χ3v) is 4.34. The Labute approximate surface area is 152 Å². The van der Waals surface area contributed by atoms with Crippen molar-refractivity contribution in [1.29, 1.82) is 5.26 Å². The molecule has 7 nitrogen and oxygen atoms in total. The van der Waals surface area contributed by atoms with Crippen molar-refractivity contribution in [1.82, 2.24) is 14.9 Å². The molecule has 0 spiro atoms. The van der Waals surface area contributed by atoms with Gasteiger partial charge in [-0.2, -0.15) is 5.26 Å². The van der Waals surface area contributed by atoms with Crippen LogP contribution in [0.15, 0.2) is 53.7 Å². The highest BCUT2D eigenvalue weighted by molar-refractivity contribution is 7.99. The third kappa shape index (κ3) is 3.81. The number of nitrogens with one attached hydrogen (secondary N) is 1. The van der Waals surface area contributed by atoms with E-state index in [1.165, 1.54) is 16.8 Å². The van der Waals surface area contributed by atoms with E-state index in [4.69, 9.17) is 11.1 Å². The molecule has 1 amide bonds. The lowest BCUT2D eigenvalue weighted by atomic mass is 10.2. The van der Waals surface area contributed by atoms with Gasteiger partial charge >= 0.3 is 0 Å². The van der Waals surface area contributed by atoms with Gasteiger partial charge in [0.15, 0.2) is 5.82 Å². The van der Waals surface area contributed by atoms with Crippen LogP contribution in [0.5, 0.6) is 0 Å². The van der Waals surface area contributed by atoms with Crippen LogP contribution in [0.3, 0.4) is 0 Å². The fourth-order valence-corrected chi connectivity index (χ4v) is 2.86. The summed E-state index contributed by atoms with van der Waals surface area (Å²) >= 11 is 1.08. The molecule has 0 atom stereocenters. The number of hydrogen-bond donors (Lipinski definition) is 2. The fraction of sp³-hybridized carbons (Fsp3) is 0.0588. The second-order valence-corrected chi connectivity index (χ2v) is 6.12. The Bertz CT molecular complexity index is 997. The maximum absolute atomic E-state index is 13.3. The van der Waals surface area contributed by atoms with Gasteiger partial charge in [-0.3, -0.25) is 4.79 Å². The number of halogens is 1. The summed E-state index contributed by atoms with van der Waals surface area (Å²) in [6, 6.07) is 14.5. The first-order valence-electron chi connectivity index (χ1n) is 7.46. The number of thioether (sulfide) groups is 1. The van der Waals surface area contributed by atoms with Gasteiger partial charge < -0.3 is 11.2 Å². The second kappa shape index (κ2) is 7.67. The highest BCUT2D eigenvalue weighted by Crippen LogP contribution is 2.22. The lowest BCUT2D eigenvalue weighted by Gasteiger charge is -2.06. The van der Waals surface area contributed by atoms with E-state index in [-0.39, 0.29) is 11.7 Å². The summed E-state index contributed by atoms with van der Waals surface area (Å²) < 4.78 is 14.5. The van der Waals surface area contributed by atoms with E-state index in [9.17, 15) is 9.18 Å². The SMILES string of the molecule is N#Cc1ccccc1NC(=O)CSc1nnc(-c2cccc(F)c2)n1N. The van der Waals surface area contributed by atoms with Crippen molar-refractivity contribution in [3.63, 3.8) is 0 Å². The molecule has 3 aromatic rings. The van der Waals surface area contributed by atoms with E-state index in [0.717, 1.165) is 11.8 Å². The Kier molecular flexibility index (Phi) is 5.15. The van der Waals surface area contributed by atoms with Crippen LogP contribution < -0.4 is 11.2 Å². The molecule has 3 rings (SSSR count). The molecule has 0 aliphatic rings. The van der Waals surface area contributed by atoms with E-state index in [2.05, 4.69) is 15.5 Å². The number of nitrogens with two attached hydrogens (primary N) is 1. The van der Waals surface area contributed by atoms with Gasteiger partial charge in [-0.1, -0.05) is 36.0 Å². The summed E-state index contributed by atoms with van der Waals surface area (Å²) in [6.07, 6.45) is 0. The average molecular weight is 368 g/mol. The molecule has 0 aliphatic carbocycles. The van der Waals surface area contributed by atoms with E-state index in [1.54, 1.807) is 36.4 Å². The third-order valence-electron chi connectivity index (χ3n) is 3.40. The number of anilines is 1. The van der Waals surface area contributed by atoms with E-state index < -0.39 is 5.82 Å². The Hall–Kier alpha value is -3.38. The molecular formula is C17H13FN6OS. The molecule has 130 valence electrons. The fourth-order valence-electron chi connectivity index (χ4n) is 2.21. The molecule has 1 aromatic heterocycles. The minimum absolute atomic E-state index is 0.0260. The molecule has 0 saturated carbocycles. The van der Waals surface area contributed by atoms with Gasteiger partial charge in [-0.15, -0.1) is 10.2 Å². The van der Waals surface area contributed by atoms with Crippen LogP contribution in [0.4, 0.5) is 10.1 Å². The number of carbonyl (C=O) groups excluding carboxylic acids is 1. The molecule has 0 unspecified atom stereocenters. The zero-order valence-electron chi connectivity index (χ0n) is 13.4. The van der Waals surface area contributed by atoms with E-state index >= 15 is 0 Å². The number of nitrogens with zero attached hydrogens (tertiary/aromatic N) is 4. The van der Waals surface area contributed by atoms with Crippen molar-refractivity contribution in [2.45, 2.75) is 5.16 Å². The van der Waals surface area contributed by atoms with Crippen molar-refractivity contribution < 1.29 is 9.18 Å². The average Bonchev–Trinajstić information content (AvgIpc) is 3.01. The number of benzene rings is 2. The van der Waals surface area contributed by atoms with Gasteiger partial charge in [0.1, 0.15) is 11.9 Å². The normalized spacial score (nSPS) is 10.3. The predicted molar refractivity (Wildman–Crippen MR) is 96.1 cm³/mol. The van der Waals surface area contributed by atoms with Crippen molar-refractivity contribution in [3.05, 3.63) is 59.9 Å². The van der Waals surface area contributed by atoms with Crippen molar-refractivity contribution in [2.24, 2.45) is 0 Å². The quantitative estimate of drug-likeness (QED) is 0.529. The zero-order chi connectivity index (χ0) is 18.5. The highest BCUT2D eigenvalue weighted by atomic mass is 32.2. The van der Waals surface area contributed by atoms with E-state index in [1.807, 2.05) is 6.07 Å². The Morgan fingerprint density at radius 3 is 2.85 bits per heavy atom. The van der Waals surface area contributed by atoms with Gasteiger partial charge in [0.05, 0.1) is 17.0 Å². The number of nitrogen functional groups attached to an aromatic ring is 1. The Balaban J connectivity index is 1.67. The molecule has 1 heterocycles. The smallest absolute Gasteiger partial charge is 0.234 e. The molecule has 26 heavy (non-hydrogen) atoms. The highest BCUT2D eigenvalue weighted by Gasteiger charge is 2.14. The maximum atomic E-state index is 13.3. The Morgan fingerprint density at radius 2 is 2.08 bits per heavy atom. The summed E-state index contributed by atoms with van der Waals surface area (Å²) in [5, 5.41) is 19.9. The first-order valence-corrected chi connectivity index (χ1v) is 8.45. The molecule has 2 aromatic carbocycles. The first-order chi connectivity index (χ1) is 12.6. The number of aromatic nitrogens is 3. The number of amides is 1. The van der Waals surface area contributed by atoms with Crippen LogP contribution >= 0.6 is 11.8 Å². The Morgan fingerprint density at radius 1 is 1.27 bits per heavy atom. The molecule has 0 aliphatic heterocycles. The lowest BCUT2D eigenvalue weighted by molar-refractivity contribution is -0.113. The molecule has 0 fully saturated rings. The van der Waals surface area contributed by atoms with Gasteiger partial charge in [0, 0.05) is 5.56 Å². The van der Waals surface area contributed by atoms with Crippen LogP contribution in [0.1, 0.15) is 5.56 Å². The number of nitriles is 1. The molecule has 0 bridgehead atoms. The van der Waals surface area contributed by atoms with Crippen LogP contribution in [0.2, 0.25) is 0 Å². The maximum Gasteiger partial charge on any atom is 0.234 e. The number of hydrogen-bond acceptors (Lipinski definition) is 6. The van der Waals surface area contributed by atoms with Crippen LogP contribution in [-0.4, -0.2) is 26.5 Å². The number of rotatable bonds is 5. The monoisotopic (exact) mass is 368 g/mol. The summed E-state index contributed by atoms with van der Waals surface area (Å²) in [6.45, 7) is 0. The molecule has 0 radical (unpaired) electrons. The van der Waals surface area contributed by atoms with Crippen LogP contribution in [0, 0.1) is 17.1 Å². The first kappa shape index (κ1) is 17.4. The molecule has 3 N–H and O–H groups in total. The minimum atomic E-state index is -0.407. The predicted octanol–water partition coefficient (Wildman–Crippen LogP) is 2.40. The van der Waals surface area contributed by atoms with Crippen molar-refractivity contribution >= 4 is 23.4 Å². The largest absolute Gasteiger partial charge is 0.335 e.